The molecule has 6 nitrogen and oxygen atoms in total. The number of aromatic nitrogens is 2. The van der Waals surface area contributed by atoms with Gasteiger partial charge >= 0.3 is 0 Å². The lowest BCUT2D eigenvalue weighted by molar-refractivity contribution is -0.121. The zero-order chi connectivity index (χ0) is 19.4. The Morgan fingerprint density at radius 1 is 1.37 bits per heavy atom. The molecular formula is C20H30N4O2S. The fourth-order valence-corrected chi connectivity index (χ4v) is 4.40. The van der Waals surface area contributed by atoms with Gasteiger partial charge in [-0.05, 0) is 43.6 Å². The van der Waals surface area contributed by atoms with E-state index >= 15 is 0 Å². The second-order valence-electron chi connectivity index (χ2n) is 8.43. The summed E-state index contributed by atoms with van der Waals surface area (Å²) >= 11 is 1.57. The summed E-state index contributed by atoms with van der Waals surface area (Å²) in [5.41, 5.74) is -0.0462. The number of rotatable bonds is 7. The molecule has 1 aliphatic heterocycles. The van der Waals surface area contributed by atoms with Crippen LogP contribution in [0.25, 0.3) is 10.7 Å². The largest absolute Gasteiger partial charge is 0.354 e. The number of carbonyl (C=O) groups is 1. The Balaban J connectivity index is 1.45. The van der Waals surface area contributed by atoms with Crippen LogP contribution in [0.3, 0.4) is 0 Å². The van der Waals surface area contributed by atoms with E-state index in [0.29, 0.717) is 42.9 Å². The van der Waals surface area contributed by atoms with Crippen molar-refractivity contribution in [3.63, 3.8) is 0 Å². The molecule has 0 spiro atoms. The van der Waals surface area contributed by atoms with Crippen LogP contribution in [0.5, 0.6) is 0 Å². The molecule has 7 heteroatoms. The highest BCUT2D eigenvalue weighted by atomic mass is 32.1. The van der Waals surface area contributed by atoms with Crippen molar-refractivity contribution in [3.05, 3.63) is 23.4 Å². The van der Waals surface area contributed by atoms with Gasteiger partial charge in [0.05, 0.1) is 4.88 Å². The minimum Gasteiger partial charge on any atom is -0.354 e. The van der Waals surface area contributed by atoms with Crippen LogP contribution in [0.1, 0.15) is 46.4 Å². The van der Waals surface area contributed by atoms with Crippen LogP contribution in [0.4, 0.5) is 0 Å². The summed E-state index contributed by atoms with van der Waals surface area (Å²) in [4.78, 5) is 20.1. The van der Waals surface area contributed by atoms with E-state index in [0.717, 1.165) is 18.0 Å². The van der Waals surface area contributed by atoms with Crippen molar-refractivity contribution in [2.45, 2.75) is 52.5 Å². The van der Waals surface area contributed by atoms with Gasteiger partial charge in [-0.25, -0.2) is 0 Å². The van der Waals surface area contributed by atoms with Crippen LogP contribution in [-0.4, -0.2) is 46.1 Å². The molecule has 2 aromatic rings. The molecular weight excluding hydrogens is 360 g/mol. The molecule has 1 saturated heterocycles. The van der Waals surface area contributed by atoms with Gasteiger partial charge in [-0.15, -0.1) is 11.3 Å². The molecule has 3 heterocycles. The lowest BCUT2D eigenvalue weighted by atomic mass is 9.88. The van der Waals surface area contributed by atoms with Gasteiger partial charge < -0.3 is 9.84 Å². The Labute approximate surface area is 165 Å². The molecule has 2 unspecified atom stereocenters. The van der Waals surface area contributed by atoms with E-state index in [4.69, 9.17) is 4.52 Å². The first-order chi connectivity index (χ1) is 12.8. The number of amides is 1. The van der Waals surface area contributed by atoms with E-state index < -0.39 is 0 Å². The normalized spacial score (nSPS) is 21.3. The molecule has 0 saturated carbocycles. The van der Waals surface area contributed by atoms with Crippen LogP contribution in [-0.2, 0) is 11.2 Å². The lowest BCUT2D eigenvalue weighted by Gasteiger charge is -2.45. The molecule has 1 amide bonds. The summed E-state index contributed by atoms with van der Waals surface area (Å²) in [5.74, 6) is 2.54. The number of carbonyl (C=O) groups excluding carboxylic acids is 1. The van der Waals surface area contributed by atoms with Gasteiger partial charge in [0.25, 0.3) is 0 Å². The summed E-state index contributed by atoms with van der Waals surface area (Å²) in [7, 11) is 0. The second kappa shape index (κ2) is 8.52. The Morgan fingerprint density at radius 3 is 2.78 bits per heavy atom. The van der Waals surface area contributed by atoms with E-state index in [-0.39, 0.29) is 11.4 Å². The zero-order valence-electron chi connectivity index (χ0n) is 16.7. The maximum absolute atomic E-state index is 12.3. The Hall–Kier alpha value is -1.73. The average Bonchev–Trinajstić information content (AvgIpc) is 3.28. The molecule has 27 heavy (non-hydrogen) atoms. The predicted molar refractivity (Wildman–Crippen MR) is 108 cm³/mol. The number of likely N-dealkylation sites (tertiary alicyclic amines) is 1. The van der Waals surface area contributed by atoms with E-state index in [1.54, 1.807) is 11.3 Å². The summed E-state index contributed by atoms with van der Waals surface area (Å²) in [5, 5.41) is 9.05. The average molecular weight is 391 g/mol. The number of nitrogens with zero attached hydrogens (tertiary/aromatic N) is 3. The Morgan fingerprint density at radius 2 is 2.11 bits per heavy atom. The number of hydrogen-bond acceptors (Lipinski definition) is 6. The molecule has 1 N–H and O–H groups in total. The van der Waals surface area contributed by atoms with Crippen LogP contribution in [0.15, 0.2) is 22.0 Å². The number of thiophene rings is 1. The number of aryl methyl sites for hydroxylation is 1. The topological polar surface area (TPSA) is 71.3 Å². The fraction of sp³-hybridized carbons (Fsp3) is 0.650. The standard InChI is InChI=1S/C20H30N4O2S/c1-14-10-15(2)12-24(11-14)20(3,4)13-21-17(25)7-8-18-22-19(23-26-18)16-6-5-9-27-16/h5-6,9,14-15H,7-8,10-13H2,1-4H3,(H,21,25). The van der Waals surface area contributed by atoms with Crippen molar-refractivity contribution in [3.8, 4) is 10.7 Å². The predicted octanol–water partition coefficient (Wildman–Crippen LogP) is 3.60. The molecule has 148 valence electrons. The van der Waals surface area contributed by atoms with Gasteiger partial charge in [-0.3, -0.25) is 9.69 Å². The van der Waals surface area contributed by atoms with Gasteiger partial charge in [-0.2, -0.15) is 4.98 Å². The third kappa shape index (κ3) is 5.39. The van der Waals surface area contributed by atoms with Crippen molar-refractivity contribution in [1.82, 2.24) is 20.4 Å². The van der Waals surface area contributed by atoms with E-state index in [1.165, 1.54) is 6.42 Å². The van der Waals surface area contributed by atoms with Crippen LogP contribution < -0.4 is 5.32 Å². The maximum atomic E-state index is 12.3. The molecule has 2 aromatic heterocycles. The summed E-state index contributed by atoms with van der Waals surface area (Å²) < 4.78 is 5.26. The first-order valence-electron chi connectivity index (χ1n) is 9.71. The lowest BCUT2D eigenvalue weighted by Crippen LogP contribution is -2.56. The Kier molecular flexibility index (Phi) is 6.32. The highest BCUT2D eigenvalue weighted by Crippen LogP contribution is 2.27. The SMILES string of the molecule is CC1CC(C)CN(C(C)(C)CNC(=O)CCc2nc(-c3cccs3)no2)C1. The summed E-state index contributed by atoms with van der Waals surface area (Å²) in [6.45, 7) is 11.9. The smallest absolute Gasteiger partial charge is 0.227 e. The van der Waals surface area contributed by atoms with Gasteiger partial charge in [-0.1, -0.05) is 25.1 Å². The highest BCUT2D eigenvalue weighted by molar-refractivity contribution is 7.13. The maximum Gasteiger partial charge on any atom is 0.227 e. The molecule has 0 bridgehead atoms. The molecule has 0 radical (unpaired) electrons. The van der Waals surface area contributed by atoms with Crippen molar-refractivity contribution in [2.75, 3.05) is 19.6 Å². The fourth-order valence-electron chi connectivity index (χ4n) is 3.76. The van der Waals surface area contributed by atoms with Crippen molar-refractivity contribution >= 4 is 17.2 Å². The first kappa shape index (κ1) is 20.0. The molecule has 1 fully saturated rings. The number of nitrogens with one attached hydrogen (secondary N) is 1. The first-order valence-corrected chi connectivity index (χ1v) is 10.6. The summed E-state index contributed by atoms with van der Waals surface area (Å²) in [6.07, 6.45) is 2.11. The molecule has 1 aliphatic rings. The van der Waals surface area contributed by atoms with Crippen molar-refractivity contribution in [1.29, 1.82) is 0 Å². The third-order valence-corrected chi connectivity index (χ3v) is 6.08. The molecule has 2 atom stereocenters. The molecule has 0 aliphatic carbocycles. The van der Waals surface area contributed by atoms with Gasteiger partial charge in [0.15, 0.2) is 0 Å². The number of piperidine rings is 1. The highest BCUT2D eigenvalue weighted by Gasteiger charge is 2.32. The minimum absolute atomic E-state index is 0.0251. The van der Waals surface area contributed by atoms with E-state index in [2.05, 4.69) is 48.1 Å². The number of hydrogen-bond donors (Lipinski definition) is 1. The van der Waals surface area contributed by atoms with Gasteiger partial charge in [0.1, 0.15) is 0 Å². The zero-order valence-corrected chi connectivity index (χ0v) is 17.5. The molecule has 3 rings (SSSR count). The summed E-state index contributed by atoms with van der Waals surface area (Å²) in [6, 6.07) is 3.91. The molecule has 0 aromatic carbocycles. The van der Waals surface area contributed by atoms with Crippen LogP contribution in [0, 0.1) is 11.8 Å². The van der Waals surface area contributed by atoms with E-state index in [9.17, 15) is 4.79 Å². The van der Waals surface area contributed by atoms with Crippen LogP contribution >= 0.6 is 11.3 Å². The minimum atomic E-state index is -0.0462. The van der Waals surface area contributed by atoms with Crippen LogP contribution in [0.2, 0.25) is 0 Å². The van der Waals surface area contributed by atoms with Gasteiger partial charge in [0.2, 0.25) is 17.6 Å². The van der Waals surface area contributed by atoms with E-state index in [1.807, 2.05) is 17.5 Å². The van der Waals surface area contributed by atoms with Gasteiger partial charge in [0, 0.05) is 38.0 Å². The quantitative estimate of drug-likeness (QED) is 0.782. The second-order valence-corrected chi connectivity index (χ2v) is 9.38. The monoisotopic (exact) mass is 390 g/mol. The third-order valence-electron chi connectivity index (χ3n) is 5.22. The Bertz CT molecular complexity index is 731. The van der Waals surface area contributed by atoms with Crippen molar-refractivity contribution in [2.24, 2.45) is 11.8 Å². The van der Waals surface area contributed by atoms with Crippen molar-refractivity contribution < 1.29 is 9.32 Å².